The Morgan fingerprint density at radius 2 is 2.08 bits per heavy atom. The van der Waals surface area contributed by atoms with Gasteiger partial charge in [0, 0.05) is 5.41 Å². The summed E-state index contributed by atoms with van der Waals surface area (Å²) < 4.78 is 0. The minimum absolute atomic E-state index is 0.0185. The van der Waals surface area contributed by atoms with E-state index in [1.54, 1.807) is 0 Å². The number of hydrogen-bond acceptors (Lipinski definition) is 1. The summed E-state index contributed by atoms with van der Waals surface area (Å²) in [5, 5.41) is 0. The van der Waals surface area contributed by atoms with E-state index in [0.29, 0.717) is 11.7 Å². The summed E-state index contributed by atoms with van der Waals surface area (Å²) in [6.07, 6.45) is 7.29. The molecule has 0 aromatic heterocycles. The molecule has 74 valence electrons. The maximum absolute atomic E-state index is 12.0. The zero-order valence-corrected chi connectivity index (χ0v) is 9.77. The smallest absolute Gasteiger partial charge is 0.152 e. The third-order valence-corrected chi connectivity index (χ3v) is 4.89. The molecule has 13 heavy (non-hydrogen) atoms. The Morgan fingerprint density at radius 3 is 2.85 bits per heavy atom. The number of halogens is 1. The van der Waals surface area contributed by atoms with Crippen LogP contribution in [0.4, 0.5) is 0 Å². The highest BCUT2D eigenvalue weighted by molar-refractivity contribution is 9.10. The number of carbonyl (C=O) groups is 1. The maximum Gasteiger partial charge on any atom is 0.152 e. The fourth-order valence-corrected chi connectivity index (χ4v) is 3.82. The van der Waals surface area contributed by atoms with E-state index >= 15 is 0 Å². The molecule has 2 aliphatic rings. The summed E-state index contributed by atoms with van der Waals surface area (Å²) in [6.45, 7) is 2.19. The Balaban J connectivity index is 2.22. The minimum atomic E-state index is 0.0185. The number of ketones is 1. The SMILES string of the molecule is C[C@@]12CCCC[C@@H]1CC[C@H](Br)C2=O. The molecule has 0 aliphatic heterocycles. The average Bonchev–Trinajstić information content (AvgIpc) is 2.13. The predicted molar refractivity (Wildman–Crippen MR) is 57.0 cm³/mol. The molecule has 0 amide bonds. The molecule has 0 bridgehead atoms. The number of hydrogen-bond donors (Lipinski definition) is 0. The summed E-state index contributed by atoms with van der Waals surface area (Å²) in [4.78, 5) is 12.2. The van der Waals surface area contributed by atoms with Crippen LogP contribution in [-0.2, 0) is 4.79 Å². The number of carbonyl (C=O) groups excluding carboxylic acids is 1. The molecule has 3 atom stereocenters. The topological polar surface area (TPSA) is 17.1 Å². The van der Waals surface area contributed by atoms with Crippen LogP contribution in [0.3, 0.4) is 0 Å². The van der Waals surface area contributed by atoms with Gasteiger partial charge in [-0.15, -0.1) is 0 Å². The molecule has 0 aromatic rings. The minimum Gasteiger partial charge on any atom is -0.298 e. The lowest BCUT2D eigenvalue weighted by Gasteiger charge is -2.45. The predicted octanol–water partition coefficient (Wildman–Crippen LogP) is 3.31. The Hall–Kier alpha value is 0.150. The van der Waals surface area contributed by atoms with Crippen molar-refractivity contribution in [2.24, 2.45) is 11.3 Å². The number of Topliss-reactive ketones (excluding diaryl/α,β-unsaturated/α-hetero) is 1. The van der Waals surface area contributed by atoms with Gasteiger partial charge in [-0.2, -0.15) is 0 Å². The van der Waals surface area contributed by atoms with Gasteiger partial charge in [0.2, 0.25) is 0 Å². The number of rotatable bonds is 0. The summed E-state index contributed by atoms with van der Waals surface area (Å²) in [6, 6.07) is 0. The van der Waals surface area contributed by atoms with Gasteiger partial charge in [0.1, 0.15) is 0 Å². The molecule has 2 saturated carbocycles. The van der Waals surface area contributed by atoms with Crippen molar-refractivity contribution in [3.8, 4) is 0 Å². The average molecular weight is 245 g/mol. The molecule has 0 radical (unpaired) electrons. The second kappa shape index (κ2) is 3.38. The van der Waals surface area contributed by atoms with E-state index in [2.05, 4.69) is 22.9 Å². The molecule has 2 fully saturated rings. The van der Waals surface area contributed by atoms with Crippen molar-refractivity contribution in [1.29, 1.82) is 0 Å². The fraction of sp³-hybridized carbons (Fsp3) is 0.909. The molecular weight excluding hydrogens is 228 g/mol. The van der Waals surface area contributed by atoms with Gasteiger partial charge < -0.3 is 0 Å². The molecule has 1 nitrogen and oxygen atoms in total. The quantitative estimate of drug-likeness (QED) is 0.598. The van der Waals surface area contributed by atoms with E-state index in [9.17, 15) is 4.79 Å². The van der Waals surface area contributed by atoms with Crippen molar-refractivity contribution in [1.82, 2.24) is 0 Å². The maximum atomic E-state index is 12.0. The lowest BCUT2D eigenvalue weighted by molar-refractivity contribution is -0.135. The highest BCUT2D eigenvalue weighted by Gasteiger charge is 2.47. The van der Waals surface area contributed by atoms with E-state index < -0.39 is 0 Å². The summed E-state index contributed by atoms with van der Waals surface area (Å²) in [5.74, 6) is 1.16. The molecule has 2 heteroatoms. The van der Waals surface area contributed by atoms with Gasteiger partial charge in [0.05, 0.1) is 4.83 Å². The first kappa shape index (κ1) is 9.70. The van der Waals surface area contributed by atoms with Crippen LogP contribution in [0.2, 0.25) is 0 Å². The molecule has 2 rings (SSSR count). The van der Waals surface area contributed by atoms with Crippen molar-refractivity contribution in [2.45, 2.75) is 50.3 Å². The number of alkyl halides is 1. The van der Waals surface area contributed by atoms with Gasteiger partial charge >= 0.3 is 0 Å². The first-order valence-electron chi connectivity index (χ1n) is 5.33. The summed E-state index contributed by atoms with van der Waals surface area (Å²) in [5.41, 5.74) is 0.0185. The Bertz CT molecular complexity index is 226. The van der Waals surface area contributed by atoms with Crippen LogP contribution in [0.25, 0.3) is 0 Å². The molecule has 2 aliphatic carbocycles. The van der Waals surface area contributed by atoms with Crippen LogP contribution in [0, 0.1) is 11.3 Å². The zero-order chi connectivity index (χ0) is 9.47. The first-order valence-corrected chi connectivity index (χ1v) is 6.24. The van der Waals surface area contributed by atoms with E-state index in [4.69, 9.17) is 0 Å². The van der Waals surface area contributed by atoms with Crippen molar-refractivity contribution in [3.63, 3.8) is 0 Å². The molecular formula is C11H17BrO. The van der Waals surface area contributed by atoms with Crippen molar-refractivity contribution < 1.29 is 4.79 Å². The Morgan fingerprint density at radius 1 is 1.31 bits per heavy atom. The molecule has 0 heterocycles. The monoisotopic (exact) mass is 244 g/mol. The highest BCUT2D eigenvalue weighted by Crippen LogP contribution is 2.49. The molecule has 0 aromatic carbocycles. The van der Waals surface area contributed by atoms with E-state index in [0.717, 1.165) is 12.8 Å². The van der Waals surface area contributed by atoms with Gasteiger partial charge in [-0.25, -0.2) is 0 Å². The van der Waals surface area contributed by atoms with Crippen LogP contribution in [-0.4, -0.2) is 10.6 Å². The standard InChI is InChI=1S/C11H17BrO/c1-11-7-3-2-4-8(11)5-6-9(12)10(11)13/h8-9H,2-7H2,1H3/t8-,9+,11-/m1/s1. The van der Waals surface area contributed by atoms with Crippen LogP contribution in [0.1, 0.15) is 45.4 Å². The van der Waals surface area contributed by atoms with Crippen LogP contribution < -0.4 is 0 Å². The molecule has 0 spiro atoms. The Kier molecular flexibility index (Phi) is 2.52. The first-order chi connectivity index (χ1) is 6.14. The van der Waals surface area contributed by atoms with Gasteiger partial charge in [-0.05, 0) is 31.6 Å². The number of fused-ring (bicyclic) bond motifs is 1. The lowest BCUT2D eigenvalue weighted by Crippen LogP contribution is -2.46. The van der Waals surface area contributed by atoms with E-state index in [1.165, 1.54) is 25.7 Å². The van der Waals surface area contributed by atoms with Gasteiger partial charge in [-0.3, -0.25) is 4.79 Å². The highest BCUT2D eigenvalue weighted by atomic mass is 79.9. The zero-order valence-electron chi connectivity index (χ0n) is 8.18. The van der Waals surface area contributed by atoms with Crippen LogP contribution >= 0.6 is 15.9 Å². The van der Waals surface area contributed by atoms with Crippen LogP contribution in [0.5, 0.6) is 0 Å². The molecule has 0 saturated heterocycles. The van der Waals surface area contributed by atoms with Gasteiger partial charge in [0.15, 0.2) is 5.78 Å². The summed E-state index contributed by atoms with van der Waals surface area (Å²) >= 11 is 3.50. The second-order valence-electron chi connectivity index (χ2n) is 4.77. The van der Waals surface area contributed by atoms with Gasteiger partial charge in [-0.1, -0.05) is 35.7 Å². The lowest BCUT2D eigenvalue weighted by atomic mass is 9.60. The Labute approximate surface area is 88.4 Å². The van der Waals surface area contributed by atoms with Crippen molar-refractivity contribution in [3.05, 3.63) is 0 Å². The normalized spacial score (nSPS) is 45.8. The fourth-order valence-electron chi connectivity index (χ4n) is 3.03. The second-order valence-corrected chi connectivity index (χ2v) is 5.87. The third kappa shape index (κ3) is 1.47. The largest absolute Gasteiger partial charge is 0.298 e. The van der Waals surface area contributed by atoms with Crippen LogP contribution in [0.15, 0.2) is 0 Å². The van der Waals surface area contributed by atoms with E-state index in [1.807, 2.05) is 0 Å². The summed E-state index contributed by atoms with van der Waals surface area (Å²) in [7, 11) is 0. The van der Waals surface area contributed by atoms with Gasteiger partial charge in [0.25, 0.3) is 0 Å². The molecule has 0 unspecified atom stereocenters. The van der Waals surface area contributed by atoms with Crippen molar-refractivity contribution in [2.75, 3.05) is 0 Å². The van der Waals surface area contributed by atoms with E-state index in [-0.39, 0.29) is 10.2 Å². The third-order valence-electron chi connectivity index (χ3n) is 4.02. The van der Waals surface area contributed by atoms with Crippen molar-refractivity contribution >= 4 is 21.7 Å². The molecule has 0 N–H and O–H groups in total.